The van der Waals surface area contributed by atoms with Gasteiger partial charge in [0, 0.05) is 30.3 Å². The van der Waals surface area contributed by atoms with Crippen molar-refractivity contribution in [3.63, 3.8) is 0 Å². The van der Waals surface area contributed by atoms with E-state index in [0.29, 0.717) is 24.8 Å². The van der Waals surface area contributed by atoms with Crippen LogP contribution >= 0.6 is 11.6 Å². The summed E-state index contributed by atoms with van der Waals surface area (Å²) in [6.45, 7) is 5.88. The highest BCUT2D eigenvalue weighted by molar-refractivity contribution is 6.31. The number of hydrogen-bond donors (Lipinski definition) is 1. The van der Waals surface area contributed by atoms with Gasteiger partial charge in [-0.2, -0.15) is 0 Å². The Labute approximate surface area is 159 Å². The van der Waals surface area contributed by atoms with Crippen molar-refractivity contribution in [2.24, 2.45) is 0 Å². The van der Waals surface area contributed by atoms with Gasteiger partial charge in [-0.25, -0.2) is 0 Å². The van der Waals surface area contributed by atoms with Crippen LogP contribution < -0.4 is 15.1 Å². The lowest BCUT2D eigenvalue weighted by molar-refractivity contribution is -0.116. The van der Waals surface area contributed by atoms with E-state index in [4.69, 9.17) is 16.3 Å². The first-order valence-corrected chi connectivity index (χ1v) is 9.28. The molecule has 1 fully saturated rings. The van der Waals surface area contributed by atoms with Crippen LogP contribution in [0.5, 0.6) is 0 Å². The number of para-hydroxylation sites is 1. The molecule has 0 spiro atoms. The highest BCUT2D eigenvalue weighted by Crippen LogP contribution is 2.30. The third-order valence-electron chi connectivity index (χ3n) is 4.43. The van der Waals surface area contributed by atoms with Gasteiger partial charge in [-0.3, -0.25) is 4.79 Å². The number of halogens is 1. The number of rotatable bonds is 6. The van der Waals surface area contributed by atoms with E-state index in [2.05, 4.69) is 10.2 Å². The van der Waals surface area contributed by atoms with Crippen LogP contribution in [0.2, 0.25) is 5.02 Å². The van der Waals surface area contributed by atoms with Gasteiger partial charge in [0.05, 0.1) is 31.1 Å². The number of likely N-dealkylation sites (N-methyl/N-ethyl adjacent to an activating group) is 1. The Morgan fingerprint density at radius 2 is 1.92 bits per heavy atom. The molecular weight excluding hydrogens is 350 g/mol. The molecule has 138 valence electrons. The maximum Gasteiger partial charge on any atom is 0.246 e. The molecule has 2 aromatic rings. The minimum absolute atomic E-state index is 0.0200. The van der Waals surface area contributed by atoms with E-state index in [0.717, 1.165) is 30.2 Å². The summed E-state index contributed by atoms with van der Waals surface area (Å²) in [5, 5.41) is 3.92. The fraction of sp³-hybridized carbons (Fsp3) is 0.350. The summed E-state index contributed by atoms with van der Waals surface area (Å²) in [4.78, 5) is 16.7. The number of ether oxygens (including phenoxy) is 1. The Hall–Kier alpha value is -2.24. The first kappa shape index (κ1) is 18.5. The van der Waals surface area contributed by atoms with Gasteiger partial charge in [0.15, 0.2) is 0 Å². The quantitative estimate of drug-likeness (QED) is 0.839. The maximum absolute atomic E-state index is 12.7. The third kappa shape index (κ3) is 4.48. The van der Waals surface area contributed by atoms with Crippen molar-refractivity contribution in [1.29, 1.82) is 0 Å². The van der Waals surface area contributed by atoms with Gasteiger partial charge in [0.1, 0.15) is 0 Å². The zero-order chi connectivity index (χ0) is 18.4. The van der Waals surface area contributed by atoms with Crippen molar-refractivity contribution < 1.29 is 9.53 Å². The van der Waals surface area contributed by atoms with Gasteiger partial charge >= 0.3 is 0 Å². The molecule has 0 bridgehead atoms. The Kier molecular flexibility index (Phi) is 6.36. The zero-order valence-electron chi connectivity index (χ0n) is 15.0. The molecule has 0 aromatic heterocycles. The van der Waals surface area contributed by atoms with Crippen molar-refractivity contribution >= 4 is 34.6 Å². The topological polar surface area (TPSA) is 44.8 Å². The molecule has 26 heavy (non-hydrogen) atoms. The molecule has 1 amide bonds. The smallest absolute Gasteiger partial charge is 0.246 e. The standard InChI is InChI=1S/C20H24ClN3O2/c1-2-24(17-6-4-3-5-7-17)20(25)15-22-18-14-16(21)8-9-19(18)23-10-12-26-13-11-23/h3-9,14,22H,2,10-13,15H2,1H3. The Balaban J connectivity index is 1.72. The van der Waals surface area contributed by atoms with Gasteiger partial charge in [-0.15, -0.1) is 0 Å². The number of benzene rings is 2. The molecule has 5 nitrogen and oxygen atoms in total. The predicted molar refractivity (Wildman–Crippen MR) is 107 cm³/mol. The molecule has 0 atom stereocenters. The summed E-state index contributed by atoms with van der Waals surface area (Å²) in [5.41, 5.74) is 2.83. The van der Waals surface area contributed by atoms with Gasteiger partial charge in [-0.1, -0.05) is 29.8 Å². The first-order chi connectivity index (χ1) is 12.7. The predicted octanol–water partition coefficient (Wildman–Crippen LogP) is 3.64. The summed E-state index contributed by atoms with van der Waals surface area (Å²) < 4.78 is 5.43. The van der Waals surface area contributed by atoms with E-state index >= 15 is 0 Å². The van der Waals surface area contributed by atoms with E-state index in [1.165, 1.54) is 0 Å². The Morgan fingerprint density at radius 1 is 1.19 bits per heavy atom. The van der Waals surface area contributed by atoms with Crippen molar-refractivity contribution in [3.05, 3.63) is 53.6 Å². The molecule has 1 saturated heterocycles. The second kappa shape index (κ2) is 8.92. The van der Waals surface area contributed by atoms with Gasteiger partial charge in [-0.05, 0) is 37.3 Å². The molecule has 0 unspecified atom stereocenters. The van der Waals surface area contributed by atoms with Gasteiger partial charge in [0.2, 0.25) is 5.91 Å². The molecule has 0 saturated carbocycles. The number of carbonyl (C=O) groups is 1. The number of nitrogens with one attached hydrogen (secondary N) is 1. The monoisotopic (exact) mass is 373 g/mol. The third-order valence-corrected chi connectivity index (χ3v) is 4.66. The number of anilines is 3. The number of morpholine rings is 1. The molecule has 1 aliphatic heterocycles. The molecule has 1 N–H and O–H groups in total. The summed E-state index contributed by atoms with van der Waals surface area (Å²) >= 11 is 6.18. The lowest BCUT2D eigenvalue weighted by Crippen LogP contribution is -2.38. The second-order valence-electron chi connectivity index (χ2n) is 6.09. The minimum Gasteiger partial charge on any atom is -0.378 e. The summed E-state index contributed by atoms with van der Waals surface area (Å²) in [7, 11) is 0. The first-order valence-electron chi connectivity index (χ1n) is 8.90. The number of carbonyl (C=O) groups excluding carboxylic acids is 1. The molecule has 1 heterocycles. The number of nitrogens with zero attached hydrogens (tertiary/aromatic N) is 2. The van der Waals surface area contributed by atoms with E-state index in [9.17, 15) is 4.79 Å². The van der Waals surface area contributed by atoms with E-state index in [-0.39, 0.29) is 12.5 Å². The van der Waals surface area contributed by atoms with Crippen molar-refractivity contribution in [2.75, 3.05) is 54.5 Å². The van der Waals surface area contributed by atoms with Crippen LogP contribution in [0, 0.1) is 0 Å². The van der Waals surface area contributed by atoms with E-state index in [1.54, 1.807) is 4.90 Å². The molecule has 0 radical (unpaired) electrons. The van der Waals surface area contributed by atoms with Crippen LogP contribution in [0.15, 0.2) is 48.5 Å². The van der Waals surface area contributed by atoms with Crippen LogP contribution in [0.3, 0.4) is 0 Å². The van der Waals surface area contributed by atoms with Crippen LogP contribution in [-0.4, -0.2) is 45.3 Å². The largest absolute Gasteiger partial charge is 0.378 e. The zero-order valence-corrected chi connectivity index (χ0v) is 15.7. The van der Waals surface area contributed by atoms with Crippen molar-refractivity contribution in [2.45, 2.75) is 6.92 Å². The summed E-state index contributed by atoms with van der Waals surface area (Å²) in [6.07, 6.45) is 0. The van der Waals surface area contributed by atoms with Crippen LogP contribution in [-0.2, 0) is 9.53 Å². The fourth-order valence-corrected chi connectivity index (χ4v) is 3.28. The van der Waals surface area contributed by atoms with Crippen LogP contribution in [0.25, 0.3) is 0 Å². The van der Waals surface area contributed by atoms with Gasteiger partial charge in [0.25, 0.3) is 0 Å². The molecule has 6 heteroatoms. The number of hydrogen-bond acceptors (Lipinski definition) is 4. The van der Waals surface area contributed by atoms with E-state index in [1.807, 2.05) is 55.5 Å². The lowest BCUT2D eigenvalue weighted by atomic mass is 10.2. The van der Waals surface area contributed by atoms with E-state index < -0.39 is 0 Å². The molecular formula is C20H24ClN3O2. The summed E-state index contributed by atoms with van der Waals surface area (Å²) in [5.74, 6) is 0.0200. The Morgan fingerprint density at radius 3 is 2.62 bits per heavy atom. The summed E-state index contributed by atoms with van der Waals surface area (Å²) in [6, 6.07) is 15.5. The average molecular weight is 374 g/mol. The van der Waals surface area contributed by atoms with Gasteiger partial charge < -0.3 is 19.9 Å². The van der Waals surface area contributed by atoms with Crippen LogP contribution in [0.4, 0.5) is 17.1 Å². The normalized spacial score (nSPS) is 14.2. The van der Waals surface area contributed by atoms with Crippen molar-refractivity contribution in [1.82, 2.24) is 0 Å². The highest BCUT2D eigenvalue weighted by Gasteiger charge is 2.17. The minimum atomic E-state index is 0.0200. The second-order valence-corrected chi connectivity index (χ2v) is 6.52. The number of amides is 1. The lowest BCUT2D eigenvalue weighted by Gasteiger charge is -2.31. The molecule has 1 aliphatic rings. The molecule has 0 aliphatic carbocycles. The Bertz CT molecular complexity index is 733. The maximum atomic E-state index is 12.7. The average Bonchev–Trinajstić information content (AvgIpc) is 2.68. The van der Waals surface area contributed by atoms with Crippen molar-refractivity contribution in [3.8, 4) is 0 Å². The SMILES string of the molecule is CCN(C(=O)CNc1cc(Cl)ccc1N1CCOCC1)c1ccccc1. The molecule has 2 aromatic carbocycles. The van der Waals surface area contributed by atoms with Crippen LogP contribution in [0.1, 0.15) is 6.92 Å². The fourth-order valence-electron chi connectivity index (χ4n) is 3.11. The highest BCUT2D eigenvalue weighted by atomic mass is 35.5. The molecule has 3 rings (SSSR count).